The molecular weight excluding hydrogens is 285 g/mol. The molecule has 6 heteroatoms. The lowest BCUT2D eigenvalue weighted by molar-refractivity contribution is -0.137. The summed E-state index contributed by atoms with van der Waals surface area (Å²) in [5, 5.41) is 0. The second-order valence-electron chi connectivity index (χ2n) is 5.01. The Labute approximate surface area is 121 Å². The Morgan fingerprint density at radius 1 is 1.40 bits per heavy atom. The van der Waals surface area contributed by atoms with Crippen molar-refractivity contribution >= 4 is 17.4 Å². The van der Waals surface area contributed by atoms with Gasteiger partial charge in [-0.3, -0.25) is 0 Å². The molecule has 1 atom stereocenters. The smallest absolute Gasteiger partial charge is 0.367 e. The van der Waals surface area contributed by atoms with Crippen molar-refractivity contribution in [2.24, 2.45) is 5.73 Å². The molecule has 2 rings (SSSR count). The van der Waals surface area contributed by atoms with Gasteiger partial charge >= 0.3 is 6.18 Å². The molecule has 0 saturated carbocycles. The molecule has 1 aromatic rings. The third-order valence-corrected chi connectivity index (χ3v) is 4.67. The fourth-order valence-corrected chi connectivity index (χ4v) is 3.48. The second-order valence-corrected chi connectivity index (χ2v) is 6.16. The highest BCUT2D eigenvalue weighted by Crippen LogP contribution is 2.39. The summed E-state index contributed by atoms with van der Waals surface area (Å²) in [5.74, 6) is 1.73. The first-order chi connectivity index (χ1) is 9.43. The number of rotatable bonds is 3. The van der Waals surface area contributed by atoms with Crippen molar-refractivity contribution in [2.75, 3.05) is 29.5 Å². The van der Waals surface area contributed by atoms with Gasteiger partial charge in [0.2, 0.25) is 0 Å². The summed E-state index contributed by atoms with van der Waals surface area (Å²) in [6.45, 7) is 2.98. The average Bonchev–Trinajstić information content (AvgIpc) is 2.39. The summed E-state index contributed by atoms with van der Waals surface area (Å²) in [7, 11) is 0. The Kier molecular flexibility index (Phi) is 4.86. The van der Waals surface area contributed by atoms with Crippen molar-refractivity contribution in [3.8, 4) is 0 Å². The number of thioether (sulfide) groups is 1. The van der Waals surface area contributed by atoms with Crippen LogP contribution in [0.4, 0.5) is 18.9 Å². The molecule has 1 unspecified atom stereocenters. The molecule has 0 bridgehead atoms. The van der Waals surface area contributed by atoms with Gasteiger partial charge in [-0.1, -0.05) is 6.07 Å². The van der Waals surface area contributed by atoms with Gasteiger partial charge in [0.25, 0.3) is 0 Å². The standard InChI is InChI=1S/C14H19F3N2S/c1-10-9-20-7-6-19(10)13-3-2-11(4-5-18)8-12(13)14(15,16)17/h2-3,8,10H,4-7,9,18H2,1H3. The lowest BCUT2D eigenvalue weighted by Gasteiger charge is -2.36. The summed E-state index contributed by atoms with van der Waals surface area (Å²) < 4.78 is 39.9. The number of halogens is 3. The highest BCUT2D eigenvalue weighted by Gasteiger charge is 2.36. The van der Waals surface area contributed by atoms with Gasteiger partial charge in [-0.25, -0.2) is 0 Å². The van der Waals surface area contributed by atoms with Crippen LogP contribution in [-0.4, -0.2) is 30.6 Å². The van der Waals surface area contributed by atoms with Crippen molar-refractivity contribution in [1.29, 1.82) is 0 Å². The number of hydrogen-bond acceptors (Lipinski definition) is 3. The van der Waals surface area contributed by atoms with Crippen LogP contribution in [0.2, 0.25) is 0 Å². The van der Waals surface area contributed by atoms with E-state index in [1.807, 2.05) is 11.8 Å². The molecule has 112 valence electrons. The zero-order valence-electron chi connectivity index (χ0n) is 11.4. The molecule has 2 N–H and O–H groups in total. The first-order valence-electron chi connectivity index (χ1n) is 6.68. The Morgan fingerprint density at radius 3 is 2.75 bits per heavy atom. The van der Waals surface area contributed by atoms with Gasteiger partial charge in [0.05, 0.1) is 5.56 Å². The number of alkyl halides is 3. The maximum absolute atomic E-state index is 13.3. The predicted octanol–water partition coefficient (Wildman–Crippen LogP) is 3.15. The van der Waals surface area contributed by atoms with Crippen LogP contribution < -0.4 is 10.6 Å². The Morgan fingerprint density at radius 2 is 2.15 bits per heavy atom. The van der Waals surface area contributed by atoms with Gasteiger partial charge in [-0.15, -0.1) is 0 Å². The maximum atomic E-state index is 13.3. The predicted molar refractivity (Wildman–Crippen MR) is 78.3 cm³/mol. The van der Waals surface area contributed by atoms with Crippen LogP contribution in [0.5, 0.6) is 0 Å². The van der Waals surface area contributed by atoms with E-state index in [2.05, 4.69) is 0 Å². The minimum atomic E-state index is -4.33. The third-order valence-electron chi connectivity index (χ3n) is 3.48. The topological polar surface area (TPSA) is 29.3 Å². The normalized spacial score (nSPS) is 20.2. The molecule has 0 radical (unpaired) electrons. The van der Waals surface area contributed by atoms with Crippen molar-refractivity contribution in [1.82, 2.24) is 0 Å². The molecule has 1 fully saturated rings. The molecule has 0 amide bonds. The van der Waals surface area contributed by atoms with Crippen molar-refractivity contribution in [3.63, 3.8) is 0 Å². The molecule has 20 heavy (non-hydrogen) atoms. The molecule has 1 aliphatic heterocycles. The highest BCUT2D eigenvalue weighted by atomic mass is 32.2. The van der Waals surface area contributed by atoms with Crippen molar-refractivity contribution < 1.29 is 13.2 Å². The van der Waals surface area contributed by atoms with E-state index in [-0.39, 0.29) is 6.04 Å². The Hall–Kier alpha value is -0.880. The largest absolute Gasteiger partial charge is 0.418 e. The van der Waals surface area contributed by atoms with Gasteiger partial charge in [0.15, 0.2) is 0 Å². The second kappa shape index (κ2) is 6.26. The fourth-order valence-electron chi connectivity index (χ4n) is 2.47. The zero-order valence-corrected chi connectivity index (χ0v) is 12.2. The van der Waals surface area contributed by atoms with Crippen LogP contribution >= 0.6 is 11.8 Å². The van der Waals surface area contributed by atoms with E-state index in [9.17, 15) is 13.2 Å². The van der Waals surface area contributed by atoms with Crippen molar-refractivity contribution in [2.45, 2.75) is 25.6 Å². The van der Waals surface area contributed by atoms with Gasteiger partial charge in [-0.05, 0) is 37.6 Å². The lowest BCUT2D eigenvalue weighted by Crippen LogP contribution is -2.41. The first-order valence-corrected chi connectivity index (χ1v) is 7.83. The molecule has 0 aromatic heterocycles. The quantitative estimate of drug-likeness (QED) is 0.930. The van der Waals surface area contributed by atoms with E-state index < -0.39 is 11.7 Å². The van der Waals surface area contributed by atoms with E-state index in [0.717, 1.165) is 11.5 Å². The van der Waals surface area contributed by atoms with Crippen LogP contribution in [-0.2, 0) is 12.6 Å². The summed E-state index contributed by atoms with van der Waals surface area (Å²) in [6, 6.07) is 4.72. The summed E-state index contributed by atoms with van der Waals surface area (Å²) in [5.41, 5.74) is 5.83. The summed E-state index contributed by atoms with van der Waals surface area (Å²) >= 11 is 1.79. The van der Waals surface area contributed by atoms with Crippen LogP contribution in [0.1, 0.15) is 18.1 Å². The van der Waals surface area contributed by atoms with Gasteiger partial charge in [0, 0.05) is 29.8 Å². The van der Waals surface area contributed by atoms with Gasteiger partial charge in [0.1, 0.15) is 0 Å². The molecule has 1 aliphatic rings. The van der Waals surface area contributed by atoms with E-state index in [0.29, 0.717) is 30.8 Å². The molecule has 1 aromatic carbocycles. The average molecular weight is 304 g/mol. The summed E-state index contributed by atoms with van der Waals surface area (Å²) in [4.78, 5) is 1.87. The van der Waals surface area contributed by atoms with Gasteiger partial charge < -0.3 is 10.6 Å². The van der Waals surface area contributed by atoms with E-state index in [1.165, 1.54) is 6.07 Å². The first kappa shape index (κ1) is 15.5. The van der Waals surface area contributed by atoms with Crippen LogP contribution in [0.3, 0.4) is 0 Å². The number of benzene rings is 1. The minimum absolute atomic E-state index is 0.121. The van der Waals surface area contributed by atoms with Gasteiger partial charge in [-0.2, -0.15) is 24.9 Å². The van der Waals surface area contributed by atoms with Crippen molar-refractivity contribution in [3.05, 3.63) is 29.3 Å². The molecular formula is C14H19F3N2S. The van der Waals surface area contributed by atoms with E-state index >= 15 is 0 Å². The van der Waals surface area contributed by atoms with E-state index in [4.69, 9.17) is 5.73 Å². The minimum Gasteiger partial charge on any atom is -0.367 e. The monoisotopic (exact) mass is 304 g/mol. The third kappa shape index (κ3) is 3.41. The fraction of sp³-hybridized carbons (Fsp3) is 0.571. The molecule has 0 aliphatic carbocycles. The highest BCUT2D eigenvalue weighted by molar-refractivity contribution is 7.99. The molecule has 2 nitrogen and oxygen atoms in total. The van der Waals surface area contributed by atoms with E-state index in [1.54, 1.807) is 23.9 Å². The maximum Gasteiger partial charge on any atom is 0.418 e. The number of nitrogens with two attached hydrogens (primary N) is 1. The summed E-state index contributed by atoms with van der Waals surface area (Å²) in [6.07, 6.45) is -3.86. The zero-order chi connectivity index (χ0) is 14.8. The molecule has 1 saturated heterocycles. The van der Waals surface area contributed by atoms with Crippen LogP contribution in [0, 0.1) is 0 Å². The Balaban J connectivity index is 2.40. The molecule has 1 heterocycles. The molecule has 0 spiro atoms. The lowest BCUT2D eigenvalue weighted by atomic mass is 10.0. The SMILES string of the molecule is CC1CSCCN1c1ccc(CCN)cc1C(F)(F)F. The van der Waals surface area contributed by atoms with Crippen LogP contribution in [0.15, 0.2) is 18.2 Å². The number of anilines is 1. The Bertz CT molecular complexity index is 462. The number of hydrogen-bond donors (Lipinski definition) is 1. The number of nitrogens with zero attached hydrogens (tertiary/aromatic N) is 1. The van der Waals surface area contributed by atoms with Crippen LogP contribution in [0.25, 0.3) is 0 Å².